The zero-order valence-corrected chi connectivity index (χ0v) is 12.5. The van der Waals surface area contributed by atoms with Gasteiger partial charge in [-0.1, -0.05) is 29.8 Å². The van der Waals surface area contributed by atoms with E-state index in [1.807, 2.05) is 0 Å². The van der Waals surface area contributed by atoms with E-state index in [4.69, 9.17) is 22.1 Å². The van der Waals surface area contributed by atoms with Gasteiger partial charge in [0.15, 0.2) is 0 Å². The quantitative estimate of drug-likeness (QED) is 0.517. The number of hydrogen-bond acceptors (Lipinski definition) is 3. The van der Waals surface area contributed by atoms with Crippen LogP contribution in [0.2, 0.25) is 5.02 Å². The van der Waals surface area contributed by atoms with Crippen LogP contribution in [0.3, 0.4) is 0 Å². The first-order valence-corrected chi connectivity index (χ1v) is 7.07. The topological polar surface area (TPSA) is 52.3 Å². The van der Waals surface area contributed by atoms with E-state index < -0.39 is 5.97 Å². The largest absolute Gasteiger partial charge is 0.462 e. The highest BCUT2D eigenvalue weighted by molar-refractivity contribution is 6.33. The highest BCUT2D eigenvalue weighted by Crippen LogP contribution is 2.20. The van der Waals surface area contributed by atoms with Crippen molar-refractivity contribution in [1.82, 2.24) is 0 Å². The van der Waals surface area contributed by atoms with Gasteiger partial charge in [-0.15, -0.1) is 0 Å². The molecule has 114 valence electrons. The molecule has 0 fully saturated rings. The molecule has 0 aliphatic rings. The van der Waals surface area contributed by atoms with E-state index in [0.717, 1.165) is 11.1 Å². The van der Waals surface area contributed by atoms with Gasteiger partial charge in [-0.3, -0.25) is 0 Å². The minimum atomic E-state index is -0.448. The first-order valence-electron chi connectivity index (χ1n) is 6.69. The molecule has 0 radical (unpaired) electrons. The van der Waals surface area contributed by atoms with Crippen molar-refractivity contribution in [3.8, 4) is 0 Å². The fourth-order valence-corrected chi connectivity index (χ4v) is 1.92. The molecule has 0 aromatic heterocycles. The normalized spacial score (nSPS) is 10.8. The third-order valence-electron chi connectivity index (χ3n) is 2.98. The Kier molecular flexibility index (Phi) is 5.55. The van der Waals surface area contributed by atoms with E-state index in [1.165, 1.54) is 18.2 Å². The Bertz CT molecular complexity index is 684. The Labute approximate surface area is 133 Å². The lowest BCUT2D eigenvalue weighted by molar-refractivity contribution is -0.137. The minimum absolute atomic E-state index is 0.234. The second-order valence-corrected chi connectivity index (χ2v) is 5.07. The number of halogens is 2. The van der Waals surface area contributed by atoms with Crippen LogP contribution < -0.4 is 5.73 Å². The number of esters is 1. The summed E-state index contributed by atoms with van der Waals surface area (Å²) >= 11 is 5.82. The maximum atomic E-state index is 12.7. The molecular weight excluding hydrogens is 305 g/mol. The van der Waals surface area contributed by atoms with Crippen molar-refractivity contribution in [2.45, 2.75) is 6.42 Å². The van der Waals surface area contributed by atoms with Gasteiger partial charge in [0, 0.05) is 12.5 Å². The van der Waals surface area contributed by atoms with Gasteiger partial charge in [0.1, 0.15) is 5.82 Å². The van der Waals surface area contributed by atoms with Crippen molar-refractivity contribution in [3.63, 3.8) is 0 Å². The van der Waals surface area contributed by atoms with Gasteiger partial charge < -0.3 is 10.5 Å². The lowest BCUT2D eigenvalue weighted by Gasteiger charge is -2.03. The molecule has 2 aromatic carbocycles. The number of anilines is 1. The SMILES string of the molecule is Nc1cc(/C=C/C(=O)OCCc2ccc(F)cc2)ccc1Cl. The van der Waals surface area contributed by atoms with E-state index in [-0.39, 0.29) is 12.4 Å². The summed E-state index contributed by atoms with van der Waals surface area (Å²) in [4.78, 5) is 11.6. The molecule has 5 heteroatoms. The number of nitrogens with two attached hydrogens (primary N) is 1. The van der Waals surface area contributed by atoms with Crippen molar-refractivity contribution in [3.05, 3.63) is 70.5 Å². The molecule has 2 rings (SSSR count). The summed E-state index contributed by atoms with van der Waals surface area (Å²) in [7, 11) is 0. The first-order chi connectivity index (χ1) is 10.5. The van der Waals surface area contributed by atoms with Crippen LogP contribution in [-0.2, 0) is 16.0 Å². The van der Waals surface area contributed by atoms with Gasteiger partial charge in [0.25, 0.3) is 0 Å². The molecule has 0 bridgehead atoms. The molecule has 2 aromatic rings. The standard InChI is InChI=1S/C17H15ClFNO2/c18-15-7-3-13(11-16(15)20)4-8-17(21)22-10-9-12-1-5-14(19)6-2-12/h1-8,11H,9-10,20H2/b8-4+. The number of rotatable bonds is 5. The smallest absolute Gasteiger partial charge is 0.330 e. The number of ether oxygens (including phenoxy) is 1. The van der Waals surface area contributed by atoms with Crippen LogP contribution in [0.4, 0.5) is 10.1 Å². The molecule has 22 heavy (non-hydrogen) atoms. The summed E-state index contributed by atoms with van der Waals surface area (Å²) in [6.07, 6.45) is 3.47. The van der Waals surface area contributed by atoms with E-state index >= 15 is 0 Å². The van der Waals surface area contributed by atoms with Crippen molar-refractivity contribution < 1.29 is 13.9 Å². The summed E-state index contributed by atoms with van der Waals surface area (Å²) in [5.41, 5.74) is 7.79. The summed E-state index contributed by atoms with van der Waals surface area (Å²) < 4.78 is 17.8. The Morgan fingerprint density at radius 3 is 2.64 bits per heavy atom. The Morgan fingerprint density at radius 2 is 1.95 bits per heavy atom. The maximum Gasteiger partial charge on any atom is 0.330 e. The third kappa shape index (κ3) is 4.90. The van der Waals surface area contributed by atoms with Crippen molar-refractivity contribution >= 4 is 29.3 Å². The van der Waals surface area contributed by atoms with Gasteiger partial charge in [-0.2, -0.15) is 0 Å². The van der Waals surface area contributed by atoms with Gasteiger partial charge >= 0.3 is 5.97 Å². The molecule has 3 nitrogen and oxygen atoms in total. The van der Waals surface area contributed by atoms with Crippen molar-refractivity contribution in [1.29, 1.82) is 0 Å². The van der Waals surface area contributed by atoms with Crippen molar-refractivity contribution in [2.75, 3.05) is 12.3 Å². The highest BCUT2D eigenvalue weighted by atomic mass is 35.5. The first kappa shape index (κ1) is 16.0. The predicted octanol–water partition coefficient (Wildman–Crippen LogP) is 3.86. The van der Waals surface area contributed by atoms with Crippen LogP contribution in [-0.4, -0.2) is 12.6 Å². The van der Waals surface area contributed by atoms with E-state index in [0.29, 0.717) is 17.1 Å². The van der Waals surface area contributed by atoms with Gasteiger partial charge in [0.05, 0.1) is 17.3 Å². The second-order valence-electron chi connectivity index (χ2n) is 4.66. The average molecular weight is 320 g/mol. The second kappa shape index (κ2) is 7.61. The predicted molar refractivity (Wildman–Crippen MR) is 86.0 cm³/mol. The molecule has 0 aliphatic heterocycles. The molecule has 0 unspecified atom stereocenters. The molecule has 0 spiro atoms. The number of carbonyl (C=O) groups is 1. The summed E-state index contributed by atoms with van der Waals surface area (Å²) in [6.45, 7) is 0.234. The molecule has 0 atom stereocenters. The Balaban J connectivity index is 1.81. The van der Waals surface area contributed by atoms with Crippen LogP contribution in [0.5, 0.6) is 0 Å². The number of hydrogen-bond donors (Lipinski definition) is 1. The van der Waals surface area contributed by atoms with Gasteiger partial charge in [0.2, 0.25) is 0 Å². The monoisotopic (exact) mass is 319 g/mol. The summed E-state index contributed by atoms with van der Waals surface area (Å²) in [5.74, 6) is -0.735. The van der Waals surface area contributed by atoms with Crippen LogP contribution in [0.25, 0.3) is 6.08 Å². The number of nitrogen functional groups attached to an aromatic ring is 1. The van der Waals surface area contributed by atoms with E-state index in [2.05, 4.69) is 0 Å². The number of benzene rings is 2. The van der Waals surface area contributed by atoms with Gasteiger partial charge in [-0.05, 0) is 41.5 Å². The van der Waals surface area contributed by atoms with Gasteiger partial charge in [-0.25, -0.2) is 9.18 Å². The van der Waals surface area contributed by atoms with Crippen LogP contribution in [0, 0.1) is 5.82 Å². The summed E-state index contributed by atoms with van der Waals surface area (Å²) in [6, 6.07) is 11.2. The Hall–Kier alpha value is -2.33. The average Bonchev–Trinajstić information content (AvgIpc) is 2.50. The van der Waals surface area contributed by atoms with Crippen LogP contribution >= 0.6 is 11.6 Å². The summed E-state index contributed by atoms with van der Waals surface area (Å²) in [5, 5.41) is 0.471. The Morgan fingerprint density at radius 1 is 1.23 bits per heavy atom. The van der Waals surface area contributed by atoms with Crippen LogP contribution in [0.1, 0.15) is 11.1 Å². The van der Waals surface area contributed by atoms with E-state index in [1.54, 1.807) is 36.4 Å². The molecule has 0 amide bonds. The zero-order chi connectivity index (χ0) is 15.9. The lowest BCUT2D eigenvalue weighted by Crippen LogP contribution is -2.04. The molecule has 2 N–H and O–H groups in total. The zero-order valence-electron chi connectivity index (χ0n) is 11.8. The minimum Gasteiger partial charge on any atom is -0.462 e. The molecule has 0 saturated heterocycles. The molecular formula is C17H15ClFNO2. The molecule has 0 aliphatic carbocycles. The molecule has 0 heterocycles. The lowest BCUT2D eigenvalue weighted by atomic mass is 10.1. The number of carbonyl (C=O) groups excluding carboxylic acids is 1. The third-order valence-corrected chi connectivity index (χ3v) is 3.32. The van der Waals surface area contributed by atoms with E-state index in [9.17, 15) is 9.18 Å². The maximum absolute atomic E-state index is 12.7. The van der Waals surface area contributed by atoms with Crippen molar-refractivity contribution in [2.24, 2.45) is 0 Å². The fourth-order valence-electron chi connectivity index (χ4n) is 1.80. The highest BCUT2D eigenvalue weighted by Gasteiger charge is 2.00. The molecule has 0 saturated carbocycles. The van der Waals surface area contributed by atoms with Crippen LogP contribution in [0.15, 0.2) is 48.5 Å². The fraction of sp³-hybridized carbons (Fsp3) is 0.118.